The molecular weight excluding hydrogens is 693 g/mol. The summed E-state index contributed by atoms with van der Waals surface area (Å²) in [4.78, 5) is 15.7. The molecule has 8 aromatic carbocycles. The van der Waals surface area contributed by atoms with Crippen molar-refractivity contribution >= 4 is 98.4 Å². The highest BCUT2D eigenvalue weighted by molar-refractivity contribution is 6.40. The zero-order chi connectivity index (χ0) is 36.5. The molecule has 7 nitrogen and oxygen atoms in total. The maximum Gasteiger partial charge on any atom is 0.238 e. The summed E-state index contributed by atoms with van der Waals surface area (Å²) >= 11 is 0. The number of hydrogen-bond donors (Lipinski definition) is 0. The Balaban J connectivity index is 1.20. The van der Waals surface area contributed by atoms with Crippen LogP contribution in [0.15, 0.2) is 171 Å². The van der Waals surface area contributed by atoms with Crippen molar-refractivity contribution in [3.63, 3.8) is 0 Å². The van der Waals surface area contributed by atoms with E-state index in [1.807, 2.05) is 78.9 Å². The molecule has 56 heavy (non-hydrogen) atoms. The highest BCUT2D eigenvalue weighted by Crippen LogP contribution is 2.49. The monoisotopic (exact) mass is 718 g/mol. The lowest BCUT2D eigenvalue weighted by molar-refractivity contribution is 0.668. The lowest BCUT2D eigenvalue weighted by atomic mass is 9.96. The van der Waals surface area contributed by atoms with Gasteiger partial charge in [0.05, 0.1) is 16.4 Å². The molecular formula is C49H26N4O3. The van der Waals surface area contributed by atoms with Crippen LogP contribution in [0.5, 0.6) is 0 Å². The number of benzene rings is 8. The number of fused-ring (bicyclic) bond motifs is 17. The predicted molar refractivity (Wildman–Crippen MR) is 224 cm³/mol. The Morgan fingerprint density at radius 2 is 0.946 bits per heavy atom. The van der Waals surface area contributed by atoms with Crippen molar-refractivity contribution < 1.29 is 13.3 Å². The van der Waals surface area contributed by atoms with Crippen LogP contribution in [-0.4, -0.2) is 19.5 Å². The zero-order valence-electron chi connectivity index (χ0n) is 29.5. The number of furan rings is 3. The molecule has 0 aliphatic carbocycles. The fourth-order valence-electron chi connectivity index (χ4n) is 8.85. The minimum atomic E-state index is 0.499. The summed E-state index contributed by atoms with van der Waals surface area (Å²) in [5.74, 6) is 1.61. The Morgan fingerprint density at radius 1 is 0.357 bits per heavy atom. The third-order valence-electron chi connectivity index (χ3n) is 11.2. The van der Waals surface area contributed by atoms with E-state index in [0.29, 0.717) is 17.6 Å². The van der Waals surface area contributed by atoms with Crippen LogP contribution in [0, 0.1) is 0 Å². The first-order chi connectivity index (χ1) is 27.8. The van der Waals surface area contributed by atoms with Crippen LogP contribution in [0.3, 0.4) is 0 Å². The summed E-state index contributed by atoms with van der Waals surface area (Å²) < 4.78 is 21.9. The summed E-state index contributed by atoms with van der Waals surface area (Å²) in [6, 6.07) is 53.6. The van der Waals surface area contributed by atoms with Gasteiger partial charge in [0, 0.05) is 59.6 Å². The van der Waals surface area contributed by atoms with E-state index >= 15 is 0 Å². The molecule has 0 fully saturated rings. The number of para-hydroxylation sites is 4. The molecule has 5 aromatic heterocycles. The smallest absolute Gasteiger partial charge is 0.238 e. The second-order valence-corrected chi connectivity index (χ2v) is 14.3. The largest absolute Gasteiger partial charge is 0.456 e. The van der Waals surface area contributed by atoms with Gasteiger partial charge < -0.3 is 13.3 Å². The number of aromatic nitrogens is 4. The Kier molecular flexibility index (Phi) is 5.77. The number of hydrogen-bond acceptors (Lipinski definition) is 6. The van der Waals surface area contributed by atoms with E-state index in [1.54, 1.807) is 0 Å². The average Bonchev–Trinajstić information content (AvgIpc) is 4.02. The van der Waals surface area contributed by atoms with Gasteiger partial charge in [0.1, 0.15) is 33.5 Å². The zero-order valence-corrected chi connectivity index (χ0v) is 29.5. The molecule has 0 N–H and O–H groups in total. The van der Waals surface area contributed by atoms with E-state index < -0.39 is 0 Å². The molecule has 0 saturated carbocycles. The predicted octanol–water partition coefficient (Wildman–Crippen LogP) is 13.2. The van der Waals surface area contributed by atoms with Gasteiger partial charge in [-0.15, -0.1) is 0 Å². The van der Waals surface area contributed by atoms with Crippen molar-refractivity contribution in [3.05, 3.63) is 158 Å². The maximum atomic E-state index is 6.91. The summed E-state index contributed by atoms with van der Waals surface area (Å²) in [6.45, 7) is 0. The quantitative estimate of drug-likeness (QED) is 0.181. The molecule has 13 aromatic rings. The highest BCUT2D eigenvalue weighted by Gasteiger charge is 2.27. The molecule has 5 heterocycles. The Morgan fingerprint density at radius 3 is 1.75 bits per heavy atom. The number of rotatable bonds is 3. The lowest BCUT2D eigenvalue weighted by Gasteiger charge is -2.12. The van der Waals surface area contributed by atoms with Crippen molar-refractivity contribution in [1.29, 1.82) is 0 Å². The van der Waals surface area contributed by atoms with Crippen molar-refractivity contribution in [2.75, 3.05) is 0 Å². The first-order valence-electron chi connectivity index (χ1n) is 18.6. The third-order valence-corrected chi connectivity index (χ3v) is 11.2. The Hall–Kier alpha value is -7.77. The average molecular weight is 719 g/mol. The van der Waals surface area contributed by atoms with Gasteiger partial charge in [-0.25, -0.2) is 4.98 Å². The SMILES string of the molecule is c1ccc(-c2nc(-c3ccc4c(c3)oc3ccccc34)nc(-n3c4ccccc4c4c5oc6ccccc6c5c5c(ccc6oc7ccccc7c65)c43)n2)cc1. The summed E-state index contributed by atoms with van der Waals surface area (Å²) in [7, 11) is 0. The molecule has 0 saturated heterocycles. The second-order valence-electron chi connectivity index (χ2n) is 14.3. The van der Waals surface area contributed by atoms with Crippen LogP contribution in [0.1, 0.15) is 0 Å². The summed E-state index contributed by atoms with van der Waals surface area (Å²) in [5.41, 5.74) is 8.54. The molecule has 0 radical (unpaired) electrons. The van der Waals surface area contributed by atoms with Gasteiger partial charge in [0.25, 0.3) is 0 Å². The molecule has 0 unspecified atom stereocenters. The van der Waals surface area contributed by atoms with Crippen LogP contribution in [0.4, 0.5) is 0 Å². The molecule has 260 valence electrons. The normalized spacial score (nSPS) is 12.3. The first kappa shape index (κ1) is 29.7. The molecule has 7 heteroatoms. The van der Waals surface area contributed by atoms with E-state index in [1.165, 1.54) is 0 Å². The van der Waals surface area contributed by atoms with Crippen LogP contribution in [0.2, 0.25) is 0 Å². The van der Waals surface area contributed by atoms with Gasteiger partial charge in [-0.3, -0.25) is 4.57 Å². The van der Waals surface area contributed by atoms with Gasteiger partial charge in [0.2, 0.25) is 5.95 Å². The van der Waals surface area contributed by atoms with E-state index in [0.717, 1.165) is 110 Å². The van der Waals surface area contributed by atoms with Gasteiger partial charge in [-0.2, -0.15) is 9.97 Å². The maximum absolute atomic E-state index is 6.91. The lowest BCUT2D eigenvalue weighted by Crippen LogP contribution is -2.06. The molecule has 0 aliphatic rings. The number of nitrogens with zero attached hydrogens (tertiary/aromatic N) is 4. The minimum Gasteiger partial charge on any atom is -0.456 e. The fraction of sp³-hybridized carbons (Fsp3) is 0. The van der Waals surface area contributed by atoms with Crippen molar-refractivity contribution in [1.82, 2.24) is 19.5 Å². The molecule has 0 spiro atoms. The van der Waals surface area contributed by atoms with Gasteiger partial charge >= 0.3 is 0 Å². The van der Waals surface area contributed by atoms with E-state index in [-0.39, 0.29) is 0 Å². The molecule has 0 bridgehead atoms. The van der Waals surface area contributed by atoms with E-state index in [2.05, 4.69) is 83.4 Å². The van der Waals surface area contributed by atoms with Crippen molar-refractivity contribution in [2.45, 2.75) is 0 Å². The molecule has 0 aliphatic heterocycles. The summed E-state index contributed by atoms with van der Waals surface area (Å²) in [6.07, 6.45) is 0. The van der Waals surface area contributed by atoms with Crippen molar-refractivity contribution in [3.8, 4) is 28.7 Å². The molecule has 0 amide bonds. The first-order valence-corrected chi connectivity index (χ1v) is 18.6. The Labute approximate surface area is 316 Å². The highest BCUT2D eigenvalue weighted by atomic mass is 16.3. The third kappa shape index (κ3) is 3.98. The Bertz CT molecular complexity index is 3780. The van der Waals surface area contributed by atoms with Crippen LogP contribution in [-0.2, 0) is 0 Å². The van der Waals surface area contributed by atoms with Crippen LogP contribution < -0.4 is 0 Å². The standard InChI is InChI=1S/C49H26N4O3/c1-2-12-27(13-3-1)47-50-48(28-22-23-30-29-14-5-9-19-36(29)55-40(30)26-28)52-49(51-47)53-35-18-8-4-15-31(35)44-45(53)34-24-25-39-41(32-16-6-10-20-37(32)54-39)42(34)43-33-17-7-11-21-38(33)56-46(43)44/h1-26H. The molecule has 0 atom stereocenters. The van der Waals surface area contributed by atoms with E-state index in [9.17, 15) is 0 Å². The van der Waals surface area contributed by atoms with Gasteiger partial charge in [0.15, 0.2) is 11.6 Å². The van der Waals surface area contributed by atoms with Gasteiger partial charge in [-0.05, 0) is 48.5 Å². The summed E-state index contributed by atoms with van der Waals surface area (Å²) in [5, 5.41) is 10.5. The molecule has 13 rings (SSSR count). The van der Waals surface area contributed by atoms with Crippen LogP contribution >= 0.6 is 0 Å². The fourth-order valence-corrected chi connectivity index (χ4v) is 8.85. The van der Waals surface area contributed by atoms with Crippen LogP contribution in [0.25, 0.3) is 127 Å². The van der Waals surface area contributed by atoms with Crippen molar-refractivity contribution in [2.24, 2.45) is 0 Å². The topological polar surface area (TPSA) is 83.0 Å². The van der Waals surface area contributed by atoms with Gasteiger partial charge in [-0.1, -0.05) is 109 Å². The van der Waals surface area contributed by atoms with E-state index in [4.69, 9.17) is 28.2 Å². The second kappa shape index (κ2) is 10.9. The minimum absolute atomic E-state index is 0.499.